The van der Waals surface area contributed by atoms with Gasteiger partial charge in [-0.3, -0.25) is 19.4 Å². The summed E-state index contributed by atoms with van der Waals surface area (Å²) in [5.74, 6) is -0.00567. The number of rotatable bonds is 2. The van der Waals surface area contributed by atoms with Gasteiger partial charge in [0.25, 0.3) is 11.8 Å². The Labute approximate surface area is 253 Å². The van der Waals surface area contributed by atoms with Crippen molar-refractivity contribution in [2.45, 2.75) is 27.7 Å². The van der Waals surface area contributed by atoms with Crippen LogP contribution in [-0.4, -0.2) is 31.8 Å². The Kier molecular flexibility index (Phi) is 5.52. The van der Waals surface area contributed by atoms with Crippen LogP contribution < -0.4 is 9.80 Å². The van der Waals surface area contributed by atoms with Crippen molar-refractivity contribution in [3.63, 3.8) is 0 Å². The fourth-order valence-corrected chi connectivity index (χ4v) is 5.91. The predicted molar refractivity (Wildman–Crippen MR) is 172 cm³/mol. The van der Waals surface area contributed by atoms with Gasteiger partial charge in [-0.05, 0) is 98.5 Å². The largest absolute Gasteiger partial charge is 0.268 e. The van der Waals surface area contributed by atoms with Gasteiger partial charge in [0.1, 0.15) is 11.4 Å². The molecule has 0 unspecified atom stereocenters. The van der Waals surface area contributed by atoms with Crippen molar-refractivity contribution in [3.8, 4) is 0 Å². The maximum atomic E-state index is 14.7. The Balaban J connectivity index is 1.45. The lowest BCUT2D eigenvalue weighted by Crippen LogP contribution is -2.24. The number of benzene rings is 4. The van der Waals surface area contributed by atoms with Gasteiger partial charge in [-0.2, -0.15) is 0 Å². The lowest BCUT2D eigenvalue weighted by molar-refractivity contribution is -0.114. The van der Waals surface area contributed by atoms with E-state index in [0.717, 1.165) is 22.3 Å². The van der Waals surface area contributed by atoms with Crippen LogP contribution in [0.1, 0.15) is 33.6 Å². The second kappa shape index (κ2) is 9.37. The van der Waals surface area contributed by atoms with E-state index in [0.29, 0.717) is 56.5 Å². The number of aryl methyl sites for hydroxylation is 4. The predicted octanol–water partition coefficient (Wildman–Crippen LogP) is 7.07. The van der Waals surface area contributed by atoms with Gasteiger partial charge in [0, 0.05) is 0 Å². The summed E-state index contributed by atoms with van der Waals surface area (Å²) in [6, 6.07) is 26.6. The lowest BCUT2D eigenvalue weighted by atomic mass is 10.0. The molecule has 0 spiro atoms. The molecular formula is C36H26N6O2. The van der Waals surface area contributed by atoms with Crippen molar-refractivity contribution in [2.75, 3.05) is 9.80 Å². The molecule has 0 saturated carbocycles. The second-order valence-electron chi connectivity index (χ2n) is 11.3. The molecule has 44 heavy (non-hydrogen) atoms. The molecule has 0 atom stereocenters. The molecule has 2 amide bonds. The van der Waals surface area contributed by atoms with E-state index in [-0.39, 0.29) is 23.0 Å². The molecule has 8 heteroatoms. The first-order valence-electron chi connectivity index (χ1n) is 14.4. The number of amides is 2. The van der Waals surface area contributed by atoms with Gasteiger partial charge in [-0.1, -0.05) is 36.4 Å². The molecule has 0 N–H and O–H groups in total. The zero-order valence-electron chi connectivity index (χ0n) is 24.6. The topological polar surface area (TPSA) is 92.2 Å². The summed E-state index contributed by atoms with van der Waals surface area (Å²) >= 11 is 0. The van der Waals surface area contributed by atoms with Crippen LogP contribution >= 0.6 is 0 Å². The molecule has 0 saturated heterocycles. The SMILES string of the molecule is Cc1ccc(N2C(=O)/C(=C3/C(=O)N(c4ccc(C)c(C)c4)c4nc5ccccc5nc43)c3nc4ccccc4nc32)cc1C. The van der Waals surface area contributed by atoms with Gasteiger partial charge in [0.05, 0.1) is 44.6 Å². The summed E-state index contributed by atoms with van der Waals surface area (Å²) in [4.78, 5) is 52.1. The van der Waals surface area contributed by atoms with Crippen molar-refractivity contribution in [3.05, 3.63) is 119 Å². The Morgan fingerprint density at radius 2 is 0.818 bits per heavy atom. The third-order valence-corrected chi connectivity index (χ3v) is 8.58. The average Bonchev–Trinajstić information content (AvgIpc) is 3.45. The van der Waals surface area contributed by atoms with Crippen LogP contribution in [0.15, 0.2) is 84.9 Å². The van der Waals surface area contributed by atoms with E-state index in [4.69, 9.17) is 19.9 Å². The summed E-state index contributed by atoms with van der Waals surface area (Å²) in [6.45, 7) is 8.06. The van der Waals surface area contributed by atoms with E-state index in [1.807, 2.05) is 113 Å². The summed E-state index contributed by atoms with van der Waals surface area (Å²) in [7, 11) is 0. The summed E-state index contributed by atoms with van der Waals surface area (Å²) in [5, 5.41) is 0. The minimum absolute atomic E-state index is 0.165. The molecule has 0 radical (unpaired) electrons. The highest BCUT2D eigenvalue weighted by Crippen LogP contribution is 2.49. The maximum absolute atomic E-state index is 14.7. The number of para-hydroxylation sites is 4. The van der Waals surface area contributed by atoms with Crippen LogP contribution in [-0.2, 0) is 9.59 Å². The van der Waals surface area contributed by atoms with E-state index in [1.165, 1.54) is 0 Å². The van der Waals surface area contributed by atoms with E-state index in [9.17, 15) is 9.59 Å². The fraction of sp³-hybridized carbons (Fsp3) is 0.111. The molecule has 0 fully saturated rings. The summed E-state index contributed by atoms with van der Waals surface area (Å²) in [5.41, 5.74) is 9.17. The first kappa shape index (κ1) is 25.9. The highest BCUT2D eigenvalue weighted by molar-refractivity contribution is 6.50. The highest BCUT2D eigenvalue weighted by atomic mass is 16.2. The number of hydrogen-bond acceptors (Lipinski definition) is 6. The number of fused-ring (bicyclic) bond motifs is 4. The van der Waals surface area contributed by atoms with E-state index in [1.54, 1.807) is 9.80 Å². The lowest BCUT2D eigenvalue weighted by Gasteiger charge is -2.18. The molecular weight excluding hydrogens is 548 g/mol. The number of carbonyl (C=O) groups excluding carboxylic acids is 2. The molecule has 212 valence electrons. The van der Waals surface area contributed by atoms with Crippen LogP contribution in [0.5, 0.6) is 0 Å². The Morgan fingerprint density at radius 3 is 1.18 bits per heavy atom. The molecule has 4 aromatic carbocycles. The van der Waals surface area contributed by atoms with E-state index < -0.39 is 0 Å². The van der Waals surface area contributed by atoms with Crippen LogP contribution in [0.2, 0.25) is 0 Å². The second-order valence-corrected chi connectivity index (χ2v) is 11.3. The Morgan fingerprint density at radius 1 is 0.455 bits per heavy atom. The van der Waals surface area contributed by atoms with Gasteiger partial charge < -0.3 is 0 Å². The van der Waals surface area contributed by atoms with Crippen molar-refractivity contribution >= 4 is 68.0 Å². The van der Waals surface area contributed by atoms with Crippen LogP contribution in [0.25, 0.3) is 33.2 Å². The molecule has 2 aliphatic heterocycles. The molecule has 2 aliphatic rings. The Hall–Kier alpha value is -5.76. The molecule has 8 rings (SSSR count). The minimum atomic E-state index is -0.384. The third kappa shape index (κ3) is 3.70. The zero-order valence-corrected chi connectivity index (χ0v) is 24.6. The first-order chi connectivity index (χ1) is 21.3. The van der Waals surface area contributed by atoms with Crippen LogP contribution in [0, 0.1) is 27.7 Å². The number of carbonyl (C=O) groups is 2. The average molecular weight is 575 g/mol. The standard InChI is InChI=1S/C36H26N6O2/c1-19-13-15-23(17-21(19)3)41-33-31(37-25-9-5-7-11-27(25)39-33)29(35(41)43)30-32-34(40-28-12-8-6-10-26(28)38-32)42(36(30)44)24-16-14-20(2)22(4)18-24/h5-18H,1-4H3/b30-29+. The fourth-order valence-electron chi connectivity index (χ4n) is 5.91. The number of anilines is 4. The normalized spacial score (nSPS) is 15.9. The van der Waals surface area contributed by atoms with Crippen molar-refractivity contribution < 1.29 is 9.59 Å². The maximum Gasteiger partial charge on any atom is 0.267 e. The third-order valence-electron chi connectivity index (χ3n) is 8.58. The van der Waals surface area contributed by atoms with Gasteiger partial charge in [0.2, 0.25) is 0 Å². The summed E-state index contributed by atoms with van der Waals surface area (Å²) < 4.78 is 0. The quantitative estimate of drug-likeness (QED) is 0.205. The van der Waals surface area contributed by atoms with Crippen molar-refractivity contribution in [1.29, 1.82) is 0 Å². The minimum Gasteiger partial charge on any atom is -0.268 e. The smallest absolute Gasteiger partial charge is 0.267 e. The van der Waals surface area contributed by atoms with Crippen molar-refractivity contribution in [1.82, 2.24) is 19.9 Å². The number of aromatic nitrogens is 4. The van der Waals surface area contributed by atoms with Gasteiger partial charge in [-0.15, -0.1) is 0 Å². The molecule has 0 aliphatic carbocycles. The number of nitrogens with zero attached hydrogens (tertiary/aromatic N) is 6. The van der Waals surface area contributed by atoms with Crippen molar-refractivity contribution in [2.24, 2.45) is 0 Å². The molecule has 8 nitrogen and oxygen atoms in total. The molecule has 6 aromatic rings. The highest BCUT2D eigenvalue weighted by Gasteiger charge is 2.46. The van der Waals surface area contributed by atoms with Gasteiger partial charge in [0.15, 0.2) is 11.6 Å². The van der Waals surface area contributed by atoms with E-state index >= 15 is 0 Å². The number of hydrogen-bond donors (Lipinski definition) is 0. The monoisotopic (exact) mass is 574 g/mol. The molecule has 4 heterocycles. The van der Waals surface area contributed by atoms with Crippen LogP contribution in [0.4, 0.5) is 23.0 Å². The zero-order chi connectivity index (χ0) is 30.3. The Bertz CT molecular complexity index is 2130. The van der Waals surface area contributed by atoms with Gasteiger partial charge in [-0.25, -0.2) is 19.9 Å². The molecule has 0 bridgehead atoms. The van der Waals surface area contributed by atoms with E-state index in [2.05, 4.69) is 0 Å². The summed E-state index contributed by atoms with van der Waals surface area (Å²) in [6.07, 6.45) is 0. The van der Waals surface area contributed by atoms with Gasteiger partial charge >= 0.3 is 0 Å². The van der Waals surface area contributed by atoms with Crippen LogP contribution in [0.3, 0.4) is 0 Å². The molecule has 2 aromatic heterocycles. The first-order valence-corrected chi connectivity index (χ1v) is 14.4.